The number of nitrogens with two attached hydrogens (primary N) is 1. The lowest BCUT2D eigenvalue weighted by molar-refractivity contribution is 0.576. The summed E-state index contributed by atoms with van der Waals surface area (Å²) in [7, 11) is 0. The first-order valence-electron chi connectivity index (χ1n) is 5.45. The van der Waals surface area contributed by atoms with Crippen molar-refractivity contribution >= 4 is 0 Å². The molecule has 2 rings (SSSR count). The number of hydrogen-bond acceptors (Lipinski definition) is 3. The fourth-order valence-electron chi connectivity index (χ4n) is 1.72. The van der Waals surface area contributed by atoms with Crippen molar-refractivity contribution in [3.8, 4) is 0 Å². The summed E-state index contributed by atoms with van der Waals surface area (Å²) >= 11 is 0. The number of hydrogen-bond donors (Lipinski definition) is 1. The number of nitrogens with zero attached hydrogens (tertiary/aromatic N) is 3. The second-order valence-electron chi connectivity index (χ2n) is 3.99. The fraction of sp³-hybridized carbons (Fsp3) is 0.333. The average Bonchev–Trinajstić information content (AvgIpc) is 2.60. The van der Waals surface area contributed by atoms with Crippen LogP contribution in [0.5, 0.6) is 0 Å². The molecule has 4 nitrogen and oxygen atoms in total. The molecule has 0 saturated carbocycles. The van der Waals surface area contributed by atoms with Gasteiger partial charge in [0.15, 0.2) is 0 Å². The normalized spacial score (nSPS) is 10.8. The molecule has 0 saturated heterocycles. The SMILES string of the molecule is Cc1nc(C)n(Cc2ccc(CN)cc2F)n1. The molecular formula is C12H15FN4. The van der Waals surface area contributed by atoms with E-state index in [2.05, 4.69) is 10.1 Å². The molecular weight excluding hydrogens is 219 g/mol. The van der Waals surface area contributed by atoms with E-state index < -0.39 is 0 Å². The maximum absolute atomic E-state index is 13.7. The van der Waals surface area contributed by atoms with E-state index >= 15 is 0 Å². The van der Waals surface area contributed by atoms with Gasteiger partial charge in [0.05, 0.1) is 6.54 Å². The predicted octanol–water partition coefficient (Wildman–Crippen LogP) is 1.54. The Morgan fingerprint density at radius 1 is 1.35 bits per heavy atom. The van der Waals surface area contributed by atoms with Gasteiger partial charge in [-0.05, 0) is 25.5 Å². The molecule has 1 aromatic carbocycles. The Balaban J connectivity index is 2.27. The Morgan fingerprint density at radius 3 is 2.65 bits per heavy atom. The Kier molecular flexibility index (Phi) is 3.19. The third-order valence-electron chi connectivity index (χ3n) is 2.64. The Morgan fingerprint density at radius 2 is 2.12 bits per heavy atom. The van der Waals surface area contributed by atoms with E-state index in [1.807, 2.05) is 19.9 Å². The van der Waals surface area contributed by atoms with E-state index in [4.69, 9.17) is 5.73 Å². The van der Waals surface area contributed by atoms with Gasteiger partial charge in [-0.1, -0.05) is 12.1 Å². The molecule has 2 N–H and O–H groups in total. The molecule has 0 fully saturated rings. The molecule has 0 aliphatic rings. The van der Waals surface area contributed by atoms with Crippen molar-refractivity contribution < 1.29 is 4.39 Å². The van der Waals surface area contributed by atoms with Crippen LogP contribution in [0.25, 0.3) is 0 Å². The van der Waals surface area contributed by atoms with Gasteiger partial charge in [-0.2, -0.15) is 5.10 Å². The Bertz CT molecular complexity index is 533. The molecule has 0 unspecified atom stereocenters. The first-order valence-corrected chi connectivity index (χ1v) is 5.45. The molecule has 0 amide bonds. The van der Waals surface area contributed by atoms with Crippen LogP contribution in [-0.4, -0.2) is 14.8 Å². The monoisotopic (exact) mass is 234 g/mol. The zero-order valence-corrected chi connectivity index (χ0v) is 9.94. The molecule has 0 aliphatic heterocycles. The molecule has 0 aliphatic carbocycles. The molecule has 1 heterocycles. The number of benzene rings is 1. The summed E-state index contributed by atoms with van der Waals surface area (Å²) in [5.74, 6) is 1.23. The van der Waals surface area contributed by atoms with Crippen molar-refractivity contribution in [3.05, 3.63) is 46.8 Å². The summed E-state index contributed by atoms with van der Waals surface area (Å²) in [6, 6.07) is 5.04. The second-order valence-corrected chi connectivity index (χ2v) is 3.99. The maximum atomic E-state index is 13.7. The summed E-state index contributed by atoms with van der Waals surface area (Å²) in [6.45, 7) is 4.41. The van der Waals surface area contributed by atoms with Gasteiger partial charge in [-0.15, -0.1) is 0 Å². The highest BCUT2D eigenvalue weighted by Gasteiger charge is 2.07. The zero-order chi connectivity index (χ0) is 12.4. The van der Waals surface area contributed by atoms with E-state index in [0.717, 1.165) is 11.4 Å². The Labute approximate surface area is 99.3 Å². The van der Waals surface area contributed by atoms with Crippen LogP contribution < -0.4 is 5.73 Å². The van der Waals surface area contributed by atoms with Gasteiger partial charge in [0.2, 0.25) is 0 Å². The molecule has 5 heteroatoms. The largest absolute Gasteiger partial charge is 0.326 e. The van der Waals surface area contributed by atoms with Crippen LogP contribution in [0.1, 0.15) is 22.8 Å². The zero-order valence-electron chi connectivity index (χ0n) is 9.94. The maximum Gasteiger partial charge on any atom is 0.147 e. The van der Waals surface area contributed by atoms with Crippen LogP contribution in [0.4, 0.5) is 4.39 Å². The standard InChI is InChI=1S/C12H15FN4/c1-8-15-9(2)17(16-8)7-11-4-3-10(6-14)5-12(11)13/h3-5H,6-7,14H2,1-2H3. The second kappa shape index (κ2) is 4.63. The lowest BCUT2D eigenvalue weighted by Crippen LogP contribution is -2.07. The molecule has 0 spiro atoms. The van der Waals surface area contributed by atoms with Gasteiger partial charge >= 0.3 is 0 Å². The lowest BCUT2D eigenvalue weighted by atomic mass is 10.1. The fourth-order valence-corrected chi connectivity index (χ4v) is 1.72. The van der Waals surface area contributed by atoms with Crippen LogP contribution in [0.3, 0.4) is 0 Å². The molecule has 1 aromatic heterocycles. The molecule has 17 heavy (non-hydrogen) atoms. The van der Waals surface area contributed by atoms with Crippen molar-refractivity contribution in [3.63, 3.8) is 0 Å². The van der Waals surface area contributed by atoms with Gasteiger partial charge in [0.25, 0.3) is 0 Å². The van der Waals surface area contributed by atoms with Crippen molar-refractivity contribution in [2.24, 2.45) is 5.73 Å². The highest BCUT2D eigenvalue weighted by Crippen LogP contribution is 2.12. The third-order valence-corrected chi connectivity index (χ3v) is 2.64. The molecule has 90 valence electrons. The van der Waals surface area contributed by atoms with Crippen molar-refractivity contribution in [1.82, 2.24) is 14.8 Å². The van der Waals surface area contributed by atoms with Gasteiger partial charge in [-0.25, -0.2) is 14.1 Å². The number of aryl methyl sites for hydroxylation is 2. The summed E-state index contributed by atoms with van der Waals surface area (Å²) in [5, 5.41) is 4.20. The van der Waals surface area contributed by atoms with Crippen molar-refractivity contribution in [2.45, 2.75) is 26.9 Å². The van der Waals surface area contributed by atoms with E-state index in [1.54, 1.807) is 10.7 Å². The van der Waals surface area contributed by atoms with E-state index in [9.17, 15) is 4.39 Å². The highest BCUT2D eigenvalue weighted by atomic mass is 19.1. The van der Waals surface area contributed by atoms with E-state index in [0.29, 0.717) is 24.5 Å². The van der Waals surface area contributed by atoms with Crippen molar-refractivity contribution in [2.75, 3.05) is 0 Å². The van der Waals surface area contributed by atoms with Crippen LogP contribution in [0.15, 0.2) is 18.2 Å². The van der Waals surface area contributed by atoms with Crippen LogP contribution in [-0.2, 0) is 13.1 Å². The molecule has 0 radical (unpaired) electrons. The molecule has 0 atom stereocenters. The third kappa shape index (κ3) is 2.50. The van der Waals surface area contributed by atoms with E-state index in [-0.39, 0.29) is 5.82 Å². The lowest BCUT2D eigenvalue weighted by Gasteiger charge is -2.06. The van der Waals surface area contributed by atoms with Crippen LogP contribution >= 0.6 is 0 Å². The number of halogens is 1. The van der Waals surface area contributed by atoms with Crippen molar-refractivity contribution in [1.29, 1.82) is 0 Å². The highest BCUT2D eigenvalue weighted by molar-refractivity contribution is 5.24. The topological polar surface area (TPSA) is 56.7 Å². The minimum Gasteiger partial charge on any atom is -0.326 e. The minimum absolute atomic E-state index is 0.250. The summed E-state index contributed by atoms with van der Waals surface area (Å²) in [5.41, 5.74) is 6.84. The van der Waals surface area contributed by atoms with Gasteiger partial charge in [-0.3, -0.25) is 0 Å². The quantitative estimate of drug-likeness (QED) is 0.876. The molecule has 0 bridgehead atoms. The Hall–Kier alpha value is -1.75. The molecule has 2 aromatic rings. The first kappa shape index (κ1) is 11.7. The summed E-state index contributed by atoms with van der Waals surface area (Å²) < 4.78 is 15.4. The number of rotatable bonds is 3. The van der Waals surface area contributed by atoms with Gasteiger partial charge in [0.1, 0.15) is 17.5 Å². The van der Waals surface area contributed by atoms with Gasteiger partial charge < -0.3 is 5.73 Å². The predicted molar refractivity (Wildman–Crippen MR) is 62.9 cm³/mol. The summed E-state index contributed by atoms with van der Waals surface area (Å²) in [4.78, 5) is 4.18. The minimum atomic E-state index is -0.250. The van der Waals surface area contributed by atoms with Crippen LogP contribution in [0, 0.1) is 19.7 Å². The van der Waals surface area contributed by atoms with Gasteiger partial charge in [0, 0.05) is 12.1 Å². The summed E-state index contributed by atoms with van der Waals surface area (Å²) in [6.07, 6.45) is 0. The van der Waals surface area contributed by atoms with E-state index in [1.165, 1.54) is 6.07 Å². The smallest absolute Gasteiger partial charge is 0.147 e. The van der Waals surface area contributed by atoms with Crippen LogP contribution in [0.2, 0.25) is 0 Å². The number of aromatic nitrogens is 3. The average molecular weight is 234 g/mol. The first-order chi connectivity index (χ1) is 8.10.